The first kappa shape index (κ1) is 13.0. The molecule has 1 N–H and O–H groups in total. The minimum Gasteiger partial charge on any atom is -0.733 e. The Kier molecular flexibility index (Phi) is 4.46. The van der Waals surface area contributed by atoms with E-state index in [2.05, 4.69) is 0 Å². The van der Waals surface area contributed by atoms with E-state index in [4.69, 9.17) is 15.2 Å². The second kappa shape index (κ2) is 5.84. The Morgan fingerprint density at radius 1 is 1.65 bits per heavy atom. The van der Waals surface area contributed by atoms with Crippen LogP contribution in [-0.4, -0.2) is 17.8 Å². The maximum Gasteiger partial charge on any atom is 0.327 e. The summed E-state index contributed by atoms with van der Waals surface area (Å²) in [6.45, 7) is 1.75. The van der Waals surface area contributed by atoms with Crippen LogP contribution in [0.5, 0.6) is 0 Å². The molecule has 0 unspecified atom stereocenters. The molecule has 0 fully saturated rings. The molecule has 0 aliphatic heterocycles. The van der Waals surface area contributed by atoms with Crippen molar-refractivity contribution in [1.29, 1.82) is 5.26 Å². The monoisotopic (exact) mass is 235 g/mol. The van der Waals surface area contributed by atoms with E-state index in [-0.39, 0.29) is 23.1 Å². The number of para-hydroxylation sites is 1. The molecule has 0 aromatic heterocycles. The molecule has 0 aliphatic carbocycles. The molecule has 1 atom stereocenters. The van der Waals surface area contributed by atoms with Crippen molar-refractivity contribution in [2.45, 2.75) is 12.8 Å². The lowest BCUT2D eigenvalue weighted by Gasteiger charge is -2.25. The quantitative estimate of drug-likeness (QED) is 0.628. The Bertz CT molecular complexity index is 439. The first-order valence-electron chi connectivity index (χ1n) is 4.93. The predicted octanol–water partition coefficient (Wildman–Crippen LogP) is 1.55. The van der Waals surface area contributed by atoms with Crippen LogP contribution in [0.25, 0.3) is 0 Å². The lowest BCUT2D eigenvalue weighted by atomic mass is 9.99. The van der Waals surface area contributed by atoms with Gasteiger partial charge in [-0.05, 0) is 13.0 Å². The van der Waals surface area contributed by atoms with Gasteiger partial charge >= 0.3 is 5.97 Å². The zero-order chi connectivity index (χ0) is 12.8. The highest BCUT2D eigenvalue weighted by atomic mass is 16.8. The number of carbonyl (C=O) groups is 1. The molecule has 90 valence electrons. The van der Waals surface area contributed by atoms with Crippen LogP contribution in [0, 0.1) is 16.5 Å². The number of benzene rings is 1. The van der Waals surface area contributed by atoms with E-state index in [1.165, 1.54) is 18.2 Å². The second-order valence-electron chi connectivity index (χ2n) is 3.15. The standard InChI is InChI=1S/C11H11N2O4/c1-2-17-11(14)9(7-12)8-5-3-4-6-10(8)13(15)16/h3-6,9,15H,2H2,1H3/q-1/t9-/m1/s1. The molecule has 1 aromatic carbocycles. The van der Waals surface area contributed by atoms with Gasteiger partial charge in [-0.3, -0.25) is 10.0 Å². The smallest absolute Gasteiger partial charge is 0.327 e. The van der Waals surface area contributed by atoms with Gasteiger partial charge in [0.1, 0.15) is 0 Å². The molecular formula is C11H11N2O4-. The highest BCUT2D eigenvalue weighted by Gasteiger charge is 2.24. The van der Waals surface area contributed by atoms with E-state index >= 15 is 0 Å². The minimum atomic E-state index is -1.23. The van der Waals surface area contributed by atoms with Crippen LogP contribution in [-0.2, 0) is 9.53 Å². The second-order valence-corrected chi connectivity index (χ2v) is 3.15. The summed E-state index contributed by atoms with van der Waals surface area (Å²) in [4.78, 5) is 11.5. The number of anilines is 1. The maximum absolute atomic E-state index is 11.5. The van der Waals surface area contributed by atoms with Crippen LogP contribution in [0.15, 0.2) is 24.3 Å². The average molecular weight is 235 g/mol. The summed E-state index contributed by atoms with van der Waals surface area (Å²) in [6, 6.07) is 7.55. The summed E-state index contributed by atoms with van der Waals surface area (Å²) in [5, 5.41) is 28.3. The van der Waals surface area contributed by atoms with Gasteiger partial charge in [-0.1, -0.05) is 18.2 Å². The van der Waals surface area contributed by atoms with Crippen molar-refractivity contribution in [2.24, 2.45) is 0 Å². The molecule has 0 amide bonds. The normalized spacial score (nSPS) is 11.4. The van der Waals surface area contributed by atoms with Crippen molar-refractivity contribution >= 4 is 11.7 Å². The van der Waals surface area contributed by atoms with Gasteiger partial charge < -0.3 is 15.2 Å². The minimum absolute atomic E-state index is 0.117. The SMILES string of the molecule is CCOC(=O)[C@H](C#N)c1ccccc1N([O-])O. The Morgan fingerprint density at radius 2 is 2.29 bits per heavy atom. The van der Waals surface area contributed by atoms with E-state index in [1.54, 1.807) is 19.1 Å². The predicted molar refractivity (Wildman–Crippen MR) is 59.1 cm³/mol. The van der Waals surface area contributed by atoms with Crippen LogP contribution < -0.4 is 5.23 Å². The van der Waals surface area contributed by atoms with Crippen molar-refractivity contribution < 1.29 is 14.7 Å². The van der Waals surface area contributed by atoms with E-state index in [1.807, 2.05) is 0 Å². The van der Waals surface area contributed by atoms with Crippen molar-refractivity contribution in [3.8, 4) is 6.07 Å². The summed E-state index contributed by atoms with van der Waals surface area (Å²) >= 11 is 0. The fourth-order valence-electron chi connectivity index (χ4n) is 1.38. The first-order chi connectivity index (χ1) is 8.11. The zero-order valence-corrected chi connectivity index (χ0v) is 9.16. The molecule has 0 aliphatic rings. The van der Waals surface area contributed by atoms with Gasteiger partial charge in [-0.2, -0.15) is 5.26 Å². The number of nitrogens with zero attached hydrogens (tertiary/aromatic N) is 2. The molecule has 6 nitrogen and oxygen atoms in total. The third kappa shape index (κ3) is 2.93. The Labute approximate surface area is 98.2 Å². The number of esters is 1. The fraction of sp³-hybridized carbons (Fsp3) is 0.273. The van der Waals surface area contributed by atoms with E-state index in [0.717, 1.165) is 0 Å². The summed E-state index contributed by atoms with van der Waals surface area (Å²) in [6.07, 6.45) is 0. The molecule has 17 heavy (non-hydrogen) atoms. The highest BCUT2D eigenvalue weighted by molar-refractivity contribution is 5.83. The molecular weight excluding hydrogens is 224 g/mol. The topological polar surface area (TPSA) is 96.6 Å². The number of carbonyl (C=O) groups excluding carboxylic acids is 1. The van der Waals surface area contributed by atoms with Crippen molar-refractivity contribution in [3.63, 3.8) is 0 Å². The molecule has 0 heterocycles. The Hall–Kier alpha value is -2.10. The number of hydrogen-bond acceptors (Lipinski definition) is 6. The molecule has 1 aromatic rings. The molecule has 0 saturated heterocycles. The molecule has 1 rings (SSSR count). The summed E-state index contributed by atoms with van der Waals surface area (Å²) in [5.74, 6) is -1.97. The Morgan fingerprint density at radius 3 is 2.82 bits per heavy atom. The number of rotatable bonds is 4. The van der Waals surface area contributed by atoms with Gasteiger partial charge in [0.2, 0.25) is 0 Å². The van der Waals surface area contributed by atoms with E-state index < -0.39 is 11.9 Å². The molecule has 0 bridgehead atoms. The van der Waals surface area contributed by atoms with Crippen molar-refractivity contribution in [1.82, 2.24) is 0 Å². The number of hydrogen-bond donors (Lipinski definition) is 1. The lowest BCUT2D eigenvalue weighted by molar-refractivity contribution is -0.143. The summed E-state index contributed by atoms with van der Waals surface area (Å²) < 4.78 is 4.72. The van der Waals surface area contributed by atoms with Gasteiger partial charge in [-0.15, -0.1) is 0 Å². The van der Waals surface area contributed by atoms with Gasteiger partial charge in [0, 0.05) is 5.56 Å². The van der Waals surface area contributed by atoms with Crippen LogP contribution >= 0.6 is 0 Å². The van der Waals surface area contributed by atoms with Gasteiger partial charge in [0.15, 0.2) is 5.92 Å². The van der Waals surface area contributed by atoms with Crippen LogP contribution in [0.4, 0.5) is 5.69 Å². The average Bonchev–Trinajstić information content (AvgIpc) is 2.31. The molecule has 0 spiro atoms. The van der Waals surface area contributed by atoms with Crippen LogP contribution in [0.2, 0.25) is 0 Å². The van der Waals surface area contributed by atoms with Gasteiger partial charge in [0.05, 0.1) is 18.4 Å². The molecule has 0 saturated carbocycles. The van der Waals surface area contributed by atoms with Crippen molar-refractivity contribution in [2.75, 3.05) is 11.8 Å². The summed E-state index contributed by atoms with van der Waals surface area (Å²) in [7, 11) is 0. The van der Waals surface area contributed by atoms with E-state index in [9.17, 15) is 10.0 Å². The highest BCUT2D eigenvalue weighted by Crippen LogP contribution is 2.27. The van der Waals surface area contributed by atoms with Gasteiger partial charge in [0.25, 0.3) is 0 Å². The summed E-state index contributed by atoms with van der Waals surface area (Å²) in [5.41, 5.74) is -0.0296. The van der Waals surface area contributed by atoms with Gasteiger partial charge in [-0.25, -0.2) is 0 Å². The molecule has 6 heteroatoms. The number of nitriles is 1. The van der Waals surface area contributed by atoms with E-state index in [0.29, 0.717) is 0 Å². The van der Waals surface area contributed by atoms with Crippen LogP contribution in [0.1, 0.15) is 18.4 Å². The largest absolute Gasteiger partial charge is 0.733 e. The molecule has 0 radical (unpaired) electrons. The third-order valence-corrected chi connectivity index (χ3v) is 2.11. The zero-order valence-electron chi connectivity index (χ0n) is 9.16. The van der Waals surface area contributed by atoms with Crippen LogP contribution in [0.3, 0.4) is 0 Å². The van der Waals surface area contributed by atoms with Crippen molar-refractivity contribution in [3.05, 3.63) is 35.0 Å². The lowest BCUT2D eigenvalue weighted by Crippen LogP contribution is -2.18. The third-order valence-electron chi connectivity index (χ3n) is 2.11. The first-order valence-corrected chi connectivity index (χ1v) is 4.93. The Balaban J connectivity index is 3.13. The number of ether oxygens (including phenoxy) is 1. The fourth-order valence-corrected chi connectivity index (χ4v) is 1.38. The maximum atomic E-state index is 11.5.